The number of nitrogens with zero attached hydrogens (tertiary/aromatic N) is 2. The van der Waals surface area contributed by atoms with Crippen LogP contribution in [0.2, 0.25) is 0 Å². The smallest absolute Gasteiger partial charge is 0.491 e. The van der Waals surface area contributed by atoms with Gasteiger partial charge >= 0.3 is 12.1 Å². The molecule has 0 aliphatic carbocycles. The third-order valence-corrected chi connectivity index (χ3v) is 8.74. The number of hydrogen-bond donors (Lipinski definition) is 1. The maximum atomic E-state index is 13.1. The topological polar surface area (TPSA) is 115 Å². The van der Waals surface area contributed by atoms with E-state index < -0.39 is 40.0 Å². The van der Waals surface area contributed by atoms with Gasteiger partial charge in [-0.3, -0.25) is 4.79 Å². The molecule has 1 saturated heterocycles. The Labute approximate surface area is 224 Å². The van der Waals surface area contributed by atoms with E-state index in [1.54, 1.807) is 29.6 Å². The molecule has 1 aliphatic rings. The number of amides is 1. The number of likely N-dealkylation sites (tertiary alicyclic amines) is 1. The van der Waals surface area contributed by atoms with E-state index in [2.05, 4.69) is 14.4 Å². The summed E-state index contributed by atoms with van der Waals surface area (Å²) >= 11 is 1.02. The van der Waals surface area contributed by atoms with Crippen molar-refractivity contribution >= 4 is 54.1 Å². The predicted molar refractivity (Wildman–Crippen MR) is 136 cm³/mol. The number of aromatic nitrogens is 1. The van der Waals surface area contributed by atoms with Crippen molar-refractivity contribution in [3.63, 3.8) is 0 Å². The molecule has 9 nitrogen and oxygen atoms in total. The molecule has 4 aromatic rings. The third-order valence-electron chi connectivity index (χ3n) is 6.24. The maximum Gasteiger partial charge on any atom is 0.491 e. The number of benzene rings is 2. The van der Waals surface area contributed by atoms with Crippen LogP contribution >= 0.6 is 11.3 Å². The lowest BCUT2D eigenvalue weighted by molar-refractivity contribution is -0.189. The number of methoxy groups -OCH3 is 1. The zero-order chi connectivity index (χ0) is 27.9. The molecule has 14 heteroatoms. The van der Waals surface area contributed by atoms with Crippen LogP contribution in [0.3, 0.4) is 0 Å². The minimum Gasteiger partial charge on any atom is -0.497 e. The minimum atomic E-state index is -5.17. The summed E-state index contributed by atoms with van der Waals surface area (Å²) in [6.07, 6.45) is -3.73. The molecule has 1 unspecified atom stereocenters. The summed E-state index contributed by atoms with van der Waals surface area (Å²) < 4.78 is 76.4. The van der Waals surface area contributed by atoms with E-state index in [1.165, 1.54) is 30.3 Å². The number of carbonyl (C=O) groups is 2. The lowest BCUT2D eigenvalue weighted by Gasteiger charge is -2.17. The summed E-state index contributed by atoms with van der Waals surface area (Å²) in [7, 11) is -2.51. The molecule has 1 aliphatic heterocycles. The van der Waals surface area contributed by atoms with E-state index >= 15 is 0 Å². The Balaban J connectivity index is 1.31. The third kappa shape index (κ3) is 5.40. The number of halogens is 3. The van der Waals surface area contributed by atoms with Crippen molar-refractivity contribution in [2.45, 2.75) is 30.1 Å². The summed E-state index contributed by atoms with van der Waals surface area (Å²) in [5.41, 5.74) is 0.599. The van der Waals surface area contributed by atoms with Crippen LogP contribution in [0.15, 0.2) is 58.9 Å². The second-order valence-corrected chi connectivity index (χ2v) is 11.3. The summed E-state index contributed by atoms with van der Waals surface area (Å²) in [5.74, 6) is -2.71. The predicted octanol–water partition coefficient (Wildman–Crippen LogP) is 4.01. The number of fused-ring (bicyclic) bond motifs is 2. The molecular weight excluding hydrogens is 559 g/mol. The lowest BCUT2D eigenvalue weighted by atomic mass is 10.1. The first-order valence-corrected chi connectivity index (χ1v) is 13.9. The first-order chi connectivity index (χ1) is 18.5. The molecule has 1 fully saturated rings. The van der Waals surface area contributed by atoms with Gasteiger partial charge in [0.05, 0.1) is 16.7 Å². The van der Waals surface area contributed by atoms with Gasteiger partial charge in [-0.2, -0.15) is 17.9 Å². The Morgan fingerprint density at radius 2 is 1.95 bits per heavy atom. The molecule has 0 saturated carbocycles. The molecule has 1 N–H and O–H groups in total. The number of hydrogen-bond acceptors (Lipinski definition) is 8. The average Bonchev–Trinajstić information content (AvgIpc) is 3.46. The molecule has 0 bridgehead atoms. The number of thiophene rings is 1. The molecule has 1 amide bonds. The number of alkyl halides is 3. The van der Waals surface area contributed by atoms with E-state index in [0.29, 0.717) is 22.1 Å². The molecular formula is C25H20F3N3O6S2. The van der Waals surface area contributed by atoms with Gasteiger partial charge < -0.3 is 14.4 Å². The van der Waals surface area contributed by atoms with Crippen LogP contribution < -0.4 is 14.2 Å². The number of ether oxygens (including phenoxy) is 2. The van der Waals surface area contributed by atoms with Crippen LogP contribution in [0.5, 0.6) is 11.6 Å². The largest absolute Gasteiger partial charge is 0.497 e. The average molecular weight is 580 g/mol. The SMILES string of the molecule is COc1ccc2ccc(S(=O)(=O)NC3CCN(Cc4csc5c(OC(=O)C(F)(F)F)nccc45)C3=O)cc2c1. The molecule has 39 heavy (non-hydrogen) atoms. The standard InChI is InChI=1S/C25H20F3N3O6S2/c1-36-17-4-2-14-3-5-18(11-15(14)10-17)39(34,35)30-20-7-9-31(23(20)32)12-16-13-38-21-19(16)6-8-29-22(21)37-24(33)25(26,27)28/h2-6,8,10-11,13,20,30H,7,9,12H2,1H3. The molecule has 2 aromatic carbocycles. The van der Waals surface area contributed by atoms with Crippen LogP contribution in [-0.2, 0) is 26.2 Å². The van der Waals surface area contributed by atoms with Gasteiger partial charge in [-0.15, -0.1) is 11.3 Å². The number of rotatable bonds is 7. The van der Waals surface area contributed by atoms with Crippen molar-refractivity contribution in [1.29, 1.82) is 0 Å². The fraction of sp³-hybridized carbons (Fsp3) is 0.240. The van der Waals surface area contributed by atoms with E-state index in [-0.39, 0.29) is 29.1 Å². The Kier molecular flexibility index (Phi) is 6.95. The van der Waals surface area contributed by atoms with E-state index in [4.69, 9.17) is 4.74 Å². The van der Waals surface area contributed by atoms with Crippen molar-refractivity contribution < 1.29 is 40.7 Å². The Hall–Kier alpha value is -3.75. The van der Waals surface area contributed by atoms with Crippen LogP contribution in [-0.4, -0.2) is 56.1 Å². The van der Waals surface area contributed by atoms with Crippen molar-refractivity contribution in [1.82, 2.24) is 14.6 Å². The van der Waals surface area contributed by atoms with E-state index in [1.807, 2.05) is 6.07 Å². The summed E-state index contributed by atoms with van der Waals surface area (Å²) in [6, 6.07) is 10.5. The first-order valence-electron chi connectivity index (χ1n) is 11.5. The summed E-state index contributed by atoms with van der Waals surface area (Å²) in [4.78, 5) is 29.5. The fourth-order valence-electron chi connectivity index (χ4n) is 4.29. The summed E-state index contributed by atoms with van der Waals surface area (Å²) in [5, 5.41) is 3.59. The van der Waals surface area contributed by atoms with Crippen LogP contribution in [0, 0.1) is 0 Å². The van der Waals surface area contributed by atoms with Gasteiger partial charge in [0.2, 0.25) is 21.8 Å². The van der Waals surface area contributed by atoms with Gasteiger partial charge in [-0.25, -0.2) is 18.2 Å². The van der Waals surface area contributed by atoms with Gasteiger partial charge in [0, 0.05) is 24.7 Å². The molecule has 1 atom stereocenters. The second kappa shape index (κ2) is 10.1. The molecule has 204 valence electrons. The number of carbonyl (C=O) groups excluding carboxylic acids is 2. The minimum absolute atomic E-state index is 0.00626. The van der Waals surface area contributed by atoms with Gasteiger partial charge in [0.15, 0.2) is 0 Å². The zero-order valence-corrected chi connectivity index (χ0v) is 21.8. The highest BCUT2D eigenvalue weighted by atomic mass is 32.2. The van der Waals surface area contributed by atoms with Crippen molar-refractivity contribution in [3.05, 3.63) is 59.6 Å². The van der Waals surface area contributed by atoms with Crippen LogP contribution in [0.25, 0.3) is 20.9 Å². The zero-order valence-electron chi connectivity index (χ0n) is 20.2. The fourth-order valence-corrected chi connectivity index (χ4v) is 6.53. The number of nitrogens with one attached hydrogen (secondary N) is 1. The van der Waals surface area contributed by atoms with E-state index in [9.17, 15) is 31.2 Å². The molecule has 5 rings (SSSR count). The maximum absolute atomic E-state index is 13.1. The van der Waals surface area contributed by atoms with Crippen LogP contribution in [0.1, 0.15) is 12.0 Å². The monoisotopic (exact) mass is 579 g/mol. The van der Waals surface area contributed by atoms with Gasteiger partial charge in [0.25, 0.3) is 0 Å². The van der Waals surface area contributed by atoms with E-state index in [0.717, 1.165) is 16.7 Å². The molecule has 0 radical (unpaired) electrons. The Morgan fingerprint density at radius 1 is 1.18 bits per heavy atom. The Bertz CT molecular complexity index is 1700. The highest BCUT2D eigenvalue weighted by Crippen LogP contribution is 2.34. The van der Waals surface area contributed by atoms with Gasteiger partial charge in [0.1, 0.15) is 11.8 Å². The first kappa shape index (κ1) is 26.8. The molecule has 0 spiro atoms. The van der Waals surface area contributed by atoms with Crippen molar-refractivity contribution in [3.8, 4) is 11.6 Å². The number of pyridine rings is 1. The highest BCUT2D eigenvalue weighted by molar-refractivity contribution is 7.89. The lowest BCUT2D eigenvalue weighted by Crippen LogP contribution is -2.41. The highest BCUT2D eigenvalue weighted by Gasteiger charge is 2.42. The van der Waals surface area contributed by atoms with Crippen LogP contribution in [0.4, 0.5) is 13.2 Å². The quantitative estimate of drug-likeness (QED) is 0.329. The number of sulfonamides is 1. The molecule has 3 heterocycles. The van der Waals surface area contributed by atoms with Gasteiger partial charge in [-0.05, 0) is 58.5 Å². The van der Waals surface area contributed by atoms with Gasteiger partial charge in [-0.1, -0.05) is 12.1 Å². The number of esters is 1. The summed E-state index contributed by atoms with van der Waals surface area (Å²) in [6.45, 7) is 0.350. The van der Waals surface area contributed by atoms with Crippen molar-refractivity contribution in [2.75, 3.05) is 13.7 Å². The van der Waals surface area contributed by atoms with Crippen molar-refractivity contribution in [2.24, 2.45) is 0 Å². The second-order valence-electron chi connectivity index (χ2n) is 8.74. The molecule has 2 aromatic heterocycles. The Morgan fingerprint density at radius 3 is 2.69 bits per heavy atom. The normalized spacial score (nSPS) is 16.3.